The molecule has 0 heterocycles. The standard InChI is InChI=1S/C12H22ClNO4/c1-8(2)6-9(10(15)17-7-13)14-11(16)18-12(3,4)5/h8-9H,6-7H2,1-5H3,(H,14,16)/t9-/m0/s1. The van der Waals surface area contributed by atoms with E-state index in [9.17, 15) is 9.59 Å². The Kier molecular flexibility index (Phi) is 7.06. The summed E-state index contributed by atoms with van der Waals surface area (Å²) in [5.41, 5.74) is -0.608. The molecule has 0 rings (SSSR count). The van der Waals surface area contributed by atoms with Gasteiger partial charge in [0.25, 0.3) is 0 Å². The predicted octanol–water partition coefficient (Wildman–Crippen LogP) is 2.67. The Morgan fingerprint density at radius 3 is 2.22 bits per heavy atom. The molecule has 0 radical (unpaired) electrons. The van der Waals surface area contributed by atoms with E-state index in [1.165, 1.54) is 0 Å². The second-order valence-electron chi connectivity index (χ2n) is 5.40. The highest BCUT2D eigenvalue weighted by Gasteiger charge is 2.26. The van der Waals surface area contributed by atoms with Gasteiger partial charge >= 0.3 is 12.1 Å². The Labute approximate surface area is 113 Å². The average Bonchev–Trinajstić information content (AvgIpc) is 2.13. The molecule has 6 heteroatoms. The van der Waals surface area contributed by atoms with E-state index in [2.05, 4.69) is 5.32 Å². The number of hydrogen-bond donors (Lipinski definition) is 1. The number of alkyl halides is 1. The first-order chi connectivity index (χ1) is 8.15. The van der Waals surface area contributed by atoms with Gasteiger partial charge in [0, 0.05) is 0 Å². The highest BCUT2D eigenvalue weighted by atomic mass is 35.5. The maximum atomic E-state index is 11.6. The van der Waals surface area contributed by atoms with E-state index >= 15 is 0 Å². The smallest absolute Gasteiger partial charge is 0.408 e. The normalized spacial score (nSPS) is 13.1. The van der Waals surface area contributed by atoms with Crippen molar-refractivity contribution in [3.63, 3.8) is 0 Å². The molecule has 0 aromatic carbocycles. The highest BCUT2D eigenvalue weighted by molar-refractivity contribution is 6.17. The van der Waals surface area contributed by atoms with E-state index in [4.69, 9.17) is 21.1 Å². The third-order valence-corrected chi connectivity index (χ3v) is 1.99. The number of hydrogen-bond acceptors (Lipinski definition) is 4. The van der Waals surface area contributed by atoms with Crippen LogP contribution in [0.4, 0.5) is 4.79 Å². The van der Waals surface area contributed by atoms with Crippen LogP contribution in [0.15, 0.2) is 0 Å². The van der Waals surface area contributed by atoms with Crippen molar-refractivity contribution in [1.82, 2.24) is 5.32 Å². The number of ether oxygens (including phenoxy) is 2. The molecule has 0 bridgehead atoms. The molecule has 18 heavy (non-hydrogen) atoms. The third kappa shape index (κ3) is 8.17. The van der Waals surface area contributed by atoms with Crippen molar-refractivity contribution in [3.8, 4) is 0 Å². The molecular weight excluding hydrogens is 258 g/mol. The van der Waals surface area contributed by atoms with Gasteiger partial charge < -0.3 is 14.8 Å². The highest BCUT2D eigenvalue weighted by Crippen LogP contribution is 2.10. The summed E-state index contributed by atoms with van der Waals surface area (Å²) in [5.74, 6) is -0.322. The SMILES string of the molecule is CC(C)C[C@H](NC(=O)OC(C)(C)C)C(=O)OCCl. The Bertz CT molecular complexity index is 286. The number of halogens is 1. The largest absolute Gasteiger partial charge is 0.448 e. The van der Waals surface area contributed by atoms with Gasteiger partial charge in [-0.1, -0.05) is 25.4 Å². The van der Waals surface area contributed by atoms with Crippen molar-refractivity contribution < 1.29 is 19.1 Å². The maximum absolute atomic E-state index is 11.6. The first kappa shape index (κ1) is 17.0. The molecule has 0 aromatic heterocycles. The fourth-order valence-corrected chi connectivity index (χ4v) is 1.40. The van der Waals surface area contributed by atoms with Gasteiger partial charge in [-0.15, -0.1) is 0 Å². The molecule has 0 saturated heterocycles. The summed E-state index contributed by atoms with van der Waals surface area (Å²) in [5, 5.41) is 2.50. The summed E-state index contributed by atoms with van der Waals surface area (Å²) in [6, 6.07) is -0.970. The van der Waals surface area contributed by atoms with Gasteiger partial charge in [0.2, 0.25) is 0 Å². The Balaban J connectivity index is 4.49. The maximum Gasteiger partial charge on any atom is 0.408 e. The van der Waals surface area contributed by atoms with E-state index < -0.39 is 23.7 Å². The van der Waals surface area contributed by atoms with Crippen LogP contribution in [0, 0.1) is 5.92 Å². The summed E-state index contributed by atoms with van der Waals surface area (Å²) in [6.45, 7) is 9.14. The second kappa shape index (κ2) is 7.46. The van der Waals surface area contributed by atoms with Gasteiger partial charge in [-0.2, -0.15) is 0 Å². The zero-order valence-corrected chi connectivity index (χ0v) is 12.3. The number of esters is 1. The number of amides is 1. The van der Waals surface area contributed by atoms with Gasteiger partial charge in [-0.05, 0) is 33.1 Å². The molecule has 1 N–H and O–H groups in total. The van der Waals surface area contributed by atoms with E-state index in [1.807, 2.05) is 13.8 Å². The first-order valence-electron chi connectivity index (χ1n) is 5.88. The number of carbonyl (C=O) groups excluding carboxylic acids is 2. The van der Waals surface area contributed by atoms with Gasteiger partial charge in [-0.3, -0.25) is 0 Å². The van der Waals surface area contributed by atoms with Crippen LogP contribution in [-0.2, 0) is 14.3 Å². The molecule has 0 aliphatic carbocycles. The Morgan fingerprint density at radius 2 is 1.83 bits per heavy atom. The number of alkyl carbamates (subject to hydrolysis) is 1. The molecule has 1 atom stereocenters. The van der Waals surface area contributed by atoms with Crippen molar-refractivity contribution in [2.75, 3.05) is 6.07 Å². The molecule has 0 fully saturated rings. The van der Waals surface area contributed by atoms with Crippen molar-refractivity contribution in [1.29, 1.82) is 0 Å². The zero-order valence-electron chi connectivity index (χ0n) is 11.6. The predicted molar refractivity (Wildman–Crippen MR) is 69.4 cm³/mol. The molecule has 106 valence electrons. The molecule has 0 aliphatic heterocycles. The van der Waals surface area contributed by atoms with Crippen molar-refractivity contribution >= 4 is 23.7 Å². The van der Waals surface area contributed by atoms with Crippen LogP contribution in [0.2, 0.25) is 0 Å². The van der Waals surface area contributed by atoms with Gasteiger partial charge in [0.15, 0.2) is 6.07 Å². The Hall–Kier alpha value is -0.970. The fraction of sp³-hybridized carbons (Fsp3) is 0.833. The lowest BCUT2D eigenvalue weighted by molar-refractivity contribution is -0.144. The van der Waals surface area contributed by atoms with E-state index in [0.29, 0.717) is 6.42 Å². The van der Waals surface area contributed by atoms with Crippen LogP contribution >= 0.6 is 11.6 Å². The molecule has 0 aliphatic rings. The number of nitrogens with one attached hydrogen (secondary N) is 1. The second-order valence-corrected chi connectivity index (χ2v) is 5.62. The van der Waals surface area contributed by atoms with Gasteiger partial charge in [0.05, 0.1) is 0 Å². The topological polar surface area (TPSA) is 64.6 Å². The number of rotatable bonds is 5. The van der Waals surface area contributed by atoms with Gasteiger partial charge in [0.1, 0.15) is 11.6 Å². The molecule has 1 amide bonds. The quantitative estimate of drug-likeness (QED) is 0.621. The summed E-state index contributed by atoms with van der Waals surface area (Å²) in [4.78, 5) is 23.2. The van der Waals surface area contributed by atoms with Crippen molar-refractivity contribution in [3.05, 3.63) is 0 Å². The van der Waals surface area contributed by atoms with Crippen molar-refractivity contribution in [2.24, 2.45) is 5.92 Å². The van der Waals surface area contributed by atoms with Crippen LogP contribution in [0.3, 0.4) is 0 Å². The molecule has 0 aromatic rings. The van der Waals surface area contributed by atoms with Crippen LogP contribution in [0.1, 0.15) is 41.0 Å². The molecule has 0 spiro atoms. The minimum absolute atomic E-state index is 0.229. The Morgan fingerprint density at radius 1 is 1.28 bits per heavy atom. The van der Waals surface area contributed by atoms with E-state index in [1.54, 1.807) is 20.8 Å². The summed E-state index contributed by atoms with van der Waals surface area (Å²) >= 11 is 5.33. The van der Waals surface area contributed by atoms with E-state index in [0.717, 1.165) is 0 Å². The molecular formula is C12H22ClNO4. The summed E-state index contributed by atoms with van der Waals surface area (Å²) in [7, 11) is 0. The molecule has 5 nitrogen and oxygen atoms in total. The first-order valence-corrected chi connectivity index (χ1v) is 6.41. The van der Waals surface area contributed by atoms with Crippen molar-refractivity contribution in [2.45, 2.75) is 52.7 Å². The lowest BCUT2D eigenvalue weighted by Gasteiger charge is -2.23. The summed E-state index contributed by atoms with van der Waals surface area (Å²) < 4.78 is 9.78. The average molecular weight is 280 g/mol. The zero-order chi connectivity index (χ0) is 14.3. The minimum atomic E-state index is -0.737. The van der Waals surface area contributed by atoms with Gasteiger partial charge in [-0.25, -0.2) is 9.59 Å². The van der Waals surface area contributed by atoms with Crippen LogP contribution in [0.25, 0.3) is 0 Å². The van der Waals surface area contributed by atoms with Crippen LogP contribution in [0.5, 0.6) is 0 Å². The third-order valence-electron chi connectivity index (χ3n) is 1.88. The lowest BCUT2D eigenvalue weighted by atomic mass is 10.0. The van der Waals surface area contributed by atoms with Crippen LogP contribution in [-0.4, -0.2) is 29.8 Å². The lowest BCUT2D eigenvalue weighted by Crippen LogP contribution is -2.44. The van der Waals surface area contributed by atoms with Crippen LogP contribution < -0.4 is 5.32 Å². The molecule has 0 unspecified atom stereocenters. The number of carbonyl (C=O) groups is 2. The van der Waals surface area contributed by atoms with E-state index in [-0.39, 0.29) is 12.0 Å². The molecule has 0 saturated carbocycles. The monoisotopic (exact) mass is 279 g/mol. The summed E-state index contributed by atoms with van der Waals surface area (Å²) in [6.07, 6.45) is -0.172. The fourth-order valence-electron chi connectivity index (χ4n) is 1.29. The minimum Gasteiger partial charge on any atom is -0.448 e.